The Bertz CT molecular complexity index is 1220. The molecular weight excluding hydrogens is 682 g/mol. The Morgan fingerprint density at radius 2 is 0.955 bits per heavy atom. The van der Waals surface area contributed by atoms with Gasteiger partial charge in [-0.25, -0.2) is 24.0 Å². The van der Waals surface area contributed by atoms with E-state index in [0.717, 1.165) is 0 Å². The number of hydrogen-bond acceptors (Lipinski definition) is 0. The molecule has 0 aliphatic heterocycles. The minimum atomic E-state index is 0. The molecule has 0 fully saturated rings. The van der Waals surface area contributed by atoms with Gasteiger partial charge in [-0.05, 0) is 41.5 Å². The molecule has 0 aromatic rings. The molecule has 0 saturated carbocycles. The molecule has 0 aromatic carbocycles. The Labute approximate surface area is 324 Å². The van der Waals surface area contributed by atoms with Crippen LogP contribution in [0.1, 0.15) is 109 Å². The van der Waals surface area contributed by atoms with Crippen molar-refractivity contribution in [3.8, 4) is 0 Å². The maximum Gasteiger partial charge on any atom is 0 e. The van der Waals surface area contributed by atoms with Gasteiger partial charge in [0.15, 0.2) is 0 Å². The second-order valence-corrected chi connectivity index (χ2v) is 13.4. The van der Waals surface area contributed by atoms with Gasteiger partial charge >= 0.3 is 0 Å². The normalized spacial score (nSPS) is 19.1. The van der Waals surface area contributed by atoms with Crippen LogP contribution in [0.25, 0.3) is 0 Å². The molecule has 0 N–H and O–H groups in total. The van der Waals surface area contributed by atoms with Gasteiger partial charge in [0.05, 0.1) is 0 Å². The van der Waals surface area contributed by atoms with E-state index in [9.17, 15) is 0 Å². The molecule has 0 bridgehead atoms. The summed E-state index contributed by atoms with van der Waals surface area (Å²) in [5, 5.41) is 0. The van der Waals surface area contributed by atoms with E-state index in [2.05, 4.69) is 174 Å². The zero-order chi connectivity index (χ0) is 31.8. The summed E-state index contributed by atoms with van der Waals surface area (Å²) in [7, 11) is 0. The van der Waals surface area contributed by atoms with Crippen molar-refractivity contribution in [2.45, 2.75) is 109 Å². The molecular formula is C42H60Y2-2. The zero-order valence-corrected chi connectivity index (χ0v) is 35.9. The molecule has 0 amide bonds. The van der Waals surface area contributed by atoms with Crippen LogP contribution in [0.15, 0.2) is 130 Å². The molecule has 0 atom stereocenters. The third kappa shape index (κ3) is 18.3. The molecule has 0 aromatic heterocycles. The predicted molar refractivity (Wildman–Crippen MR) is 192 cm³/mol. The second kappa shape index (κ2) is 23.4. The van der Waals surface area contributed by atoms with Crippen molar-refractivity contribution in [2.24, 2.45) is 10.8 Å². The Morgan fingerprint density at radius 3 is 1.36 bits per heavy atom. The standard InChI is InChI=1S/C25H35.C17H25.2Y/c1-20(2)12-8-9-13-21(3)14-10-15-22(4)17-18-24-23(5)16-11-19-25(24,6)7;1-6-7-9-14(2)11-12-16-15(3)10-8-13-17(16,4)5;;/h8-10,12-18H,11,19H2,1-7H3;6-7,9-12H,8,13H2,1-5H3;;/q2*-1;;/b9-8+,14-10?,18-17+,21-13+,22-15?;7-6?,12-11+,14-9?;;. The minimum Gasteiger partial charge on any atom is -0.227 e. The molecule has 0 heterocycles. The van der Waals surface area contributed by atoms with Gasteiger partial charge in [-0.3, -0.25) is 0 Å². The molecule has 2 aliphatic carbocycles. The topological polar surface area (TPSA) is 0 Å². The summed E-state index contributed by atoms with van der Waals surface area (Å²) in [6.07, 6.45) is 39.8. The maximum absolute atomic E-state index is 2.36. The van der Waals surface area contributed by atoms with Gasteiger partial charge in [0.2, 0.25) is 0 Å². The maximum atomic E-state index is 2.36. The Kier molecular flexibility index (Phi) is 24.1. The van der Waals surface area contributed by atoms with E-state index in [0.29, 0.717) is 5.41 Å². The summed E-state index contributed by atoms with van der Waals surface area (Å²) in [5.41, 5.74) is 11.5. The summed E-state index contributed by atoms with van der Waals surface area (Å²) < 4.78 is 0. The van der Waals surface area contributed by atoms with Crippen LogP contribution < -0.4 is 0 Å². The van der Waals surface area contributed by atoms with Crippen LogP contribution in [0.4, 0.5) is 0 Å². The van der Waals surface area contributed by atoms with E-state index >= 15 is 0 Å². The van der Waals surface area contributed by atoms with Crippen LogP contribution in [0.5, 0.6) is 0 Å². The van der Waals surface area contributed by atoms with E-state index in [1.807, 2.05) is 6.92 Å². The van der Waals surface area contributed by atoms with Crippen LogP contribution in [0.2, 0.25) is 0 Å². The van der Waals surface area contributed by atoms with Gasteiger partial charge in [-0.1, -0.05) is 160 Å². The minimum absolute atomic E-state index is 0. The van der Waals surface area contributed by atoms with Gasteiger partial charge < -0.3 is 0 Å². The van der Waals surface area contributed by atoms with E-state index in [-0.39, 0.29) is 70.8 Å². The molecule has 2 radical (unpaired) electrons. The average molecular weight is 743 g/mol. The van der Waals surface area contributed by atoms with Crippen molar-refractivity contribution in [2.75, 3.05) is 0 Å². The summed E-state index contributed by atoms with van der Waals surface area (Å²) in [6.45, 7) is 26.5. The average Bonchev–Trinajstić information content (AvgIpc) is 2.89. The molecule has 0 saturated heterocycles. The Morgan fingerprint density at radius 1 is 0.568 bits per heavy atom. The number of hydrogen-bond donors (Lipinski definition) is 0. The molecule has 2 rings (SSSR count). The third-order valence-corrected chi connectivity index (χ3v) is 7.94. The zero-order valence-electron chi connectivity index (χ0n) is 30.2. The molecule has 0 nitrogen and oxygen atoms in total. The SMILES string of the molecule is CC(C)=C/C=C/C=C(\C)C=CC=C(C)/C=C/C1=C(C)[CH-]CCC1(C)C.CC=CC=C(C)/C=C/C1=C(C)[CH-]CCC1(C)C.[Y].[Y]. The van der Waals surface area contributed by atoms with Crippen molar-refractivity contribution in [3.05, 3.63) is 142 Å². The summed E-state index contributed by atoms with van der Waals surface area (Å²) in [4.78, 5) is 0. The van der Waals surface area contributed by atoms with E-state index in [4.69, 9.17) is 0 Å². The molecule has 0 spiro atoms. The first-order chi connectivity index (χ1) is 19.7. The molecule has 0 unspecified atom stereocenters. The number of rotatable bonds is 9. The second-order valence-electron chi connectivity index (χ2n) is 13.4. The number of allylic oxidation sites excluding steroid dienone is 22. The molecule has 2 aliphatic rings. The van der Waals surface area contributed by atoms with Crippen molar-refractivity contribution >= 4 is 0 Å². The fourth-order valence-electron chi connectivity index (χ4n) is 5.22. The first-order valence-electron chi connectivity index (χ1n) is 15.8. The van der Waals surface area contributed by atoms with Crippen LogP contribution in [-0.2, 0) is 65.4 Å². The molecule has 44 heavy (non-hydrogen) atoms. The smallest absolute Gasteiger partial charge is 0 e. The van der Waals surface area contributed by atoms with Gasteiger partial charge in [0, 0.05) is 65.4 Å². The monoisotopic (exact) mass is 742 g/mol. The van der Waals surface area contributed by atoms with Crippen molar-refractivity contribution in [1.82, 2.24) is 0 Å². The van der Waals surface area contributed by atoms with Crippen molar-refractivity contribution < 1.29 is 65.4 Å². The summed E-state index contributed by atoms with van der Waals surface area (Å²) in [6, 6.07) is 0. The van der Waals surface area contributed by atoms with Crippen LogP contribution >= 0.6 is 0 Å². The van der Waals surface area contributed by atoms with Gasteiger partial charge in [-0.15, -0.1) is 25.0 Å². The Balaban J connectivity index is 0. The van der Waals surface area contributed by atoms with E-state index in [1.165, 1.54) is 70.3 Å². The first-order valence-corrected chi connectivity index (χ1v) is 15.8. The van der Waals surface area contributed by atoms with Gasteiger partial charge in [0.1, 0.15) is 0 Å². The summed E-state index contributed by atoms with van der Waals surface area (Å²) in [5.74, 6) is 0. The quantitative estimate of drug-likeness (QED) is 0.163. The van der Waals surface area contributed by atoms with Crippen molar-refractivity contribution in [3.63, 3.8) is 0 Å². The predicted octanol–water partition coefficient (Wildman–Crippen LogP) is 13.3. The van der Waals surface area contributed by atoms with E-state index < -0.39 is 0 Å². The van der Waals surface area contributed by atoms with Crippen LogP contribution in [-0.4, -0.2) is 0 Å². The van der Waals surface area contributed by atoms with Gasteiger partial charge in [0.25, 0.3) is 0 Å². The van der Waals surface area contributed by atoms with Crippen molar-refractivity contribution in [1.29, 1.82) is 0 Å². The largest absolute Gasteiger partial charge is 0.227 e. The fourth-order valence-corrected chi connectivity index (χ4v) is 5.22. The van der Waals surface area contributed by atoms with Crippen LogP contribution in [0.3, 0.4) is 0 Å². The van der Waals surface area contributed by atoms with Gasteiger partial charge in [-0.2, -0.15) is 11.1 Å². The fraction of sp³-hybridized carbons (Fsp3) is 0.429. The first kappa shape index (κ1) is 45.2. The Hall–Kier alpha value is -0.912. The summed E-state index contributed by atoms with van der Waals surface area (Å²) >= 11 is 0. The van der Waals surface area contributed by atoms with Crippen LogP contribution in [0, 0.1) is 23.7 Å². The molecule has 236 valence electrons. The van der Waals surface area contributed by atoms with E-state index in [1.54, 1.807) is 0 Å². The molecule has 2 heteroatoms. The third-order valence-electron chi connectivity index (χ3n) is 7.94.